The lowest BCUT2D eigenvalue weighted by Gasteiger charge is -2.11. The summed E-state index contributed by atoms with van der Waals surface area (Å²) in [4.78, 5) is 19.6. The van der Waals surface area contributed by atoms with Crippen LogP contribution in [0.5, 0.6) is 0 Å². The summed E-state index contributed by atoms with van der Waals surface area (Å²) in [5, 5.41) is 15.1. The molecule has 1 N–H and O–H groups in total. The number of likely N-dealkylation sites (tertiary alicyclic amines) is 1. The molecule has 2 aromatic heterocycles. The van der Waals surface area contributed by atoms with E-state index in [1.807, 2.05) is 70.6 Å². The topological polar surface area (TPSA) is 75.9 Å². The third kappa shape index (κ3) is 5.32. The SMILES string of the molecule is O=C(CSc1nnc(-c2ccccc2)n1-c1ccccc1)Nc1nc(CN2CCCC2)cs1. The van der Waals surface area contributed by atoms with Gasteiger partial charge in [0.05, 0.1) is 11.4 Å². The van der Waals surface area contributed by atoms with Crippen molar-refractivity contribution < 1.29 is 4.79 Å². The number of hydrogen-bond acceptors (Lipinski definition) is 7. The third-order valence-corrected chi connectivity index (χ3v) is 7.13. The minimum absolute atomic E-state index is 0.106. The quantitative estimate of drug-likeness (QED) is 0.371. The predicted molar refractivity (Wildman–Crippen MR) is 133 cm³/mol. The molecule has 168 valence electrons. The Morgan fingerprint density at radius 2 is 1.73 bits per heavy atom. The van der Waals surface area contributed by atoms with Gasteiger partial charge in [-0.1, -0.05) is 60.3 Å². The summed E-state index contributed by atoms with van der Waals surface area (Å²) in [7, 11) is 0. The summed E-state index contributed by atoms with van der Waals surface area (Å²) in [5.41, 5.74) is 2.94. The van der Waals surface area contributed by atoms with Crippen molar-refractivity contribution in [1.29, 1.82) is 0 Å². The van der Waals surface area contributed by atoms with E-state index in [1.165, 1.54) is 35.9 Å². The fourth-order valence-corrected chi connectivity index (χ4v) is 5.31. The van der Waals surface area contributed by atoms with Gasteiger partial charge in [-0.3, -0.25) is 14.3 Å². The van der Waals surface area contributed by atoms with Crippen LogP contribution >= 0.6 is 23.1 Å². The van der Waals surface area contributed by atoms with E-state index >= 15 is 0 Å². The Kier molecular flexibility index (Phi) is 6.80. The van der Waals surface area contributed by atoms with Crippen LogP contribution in [0.3, 0.4) is 0 Å². The van der Waals surface area contributed by atoms with Gasteiger partial charge in [0.25, 0.3) is 0 Å². The molecule has 0 spiro atoms. The molecule has 1 fully saturated rings. The van der Waals surface area contributed by atoms with E-state index in [0.29, 0.717) is 10.3 Å². The van der Waals surface area contributed by atoms with E-state index in [4.69, 9.17) is 0 Å². The van der Waals surface area contributed by atoms with Gasteiger partial charge in [-0.15, -0.1) is 21.5 Å². The molecule has 9 heteroatoms. The Hall–Kier alpha value is -3.01. The number of nitrogens with one attached hydrogen (secondary N) is 1. The number of carbonyl (C=O) groups is 1. The number of aromatic nitrogens is 4. The van der Waals surface area contributed by atoms with Crippen molar-refractivity contribution in [3.8, 4) is 17.1 Å². The van der Waals surface area contributed by atoms with Crippen LogP contribution in [0.15, 0.2) is 71.2 Å². The third-order valence-electron chi connectivity index (χ3n) is 5.39. The number of hydrogen-bond donors (Lipinski definition) is 1. The van der Waals surface area contributed by atoms with Crippen LogP contribution in [0.2, 0.25) is 0 Å². The zero-order valence-electron chi connectivity index (χ0n) is 18.1. The molecular weight excluding hydrogens is 452 g/mol. The number of thiazole rings is 1. The Morgan fingerprint density at radius 1 is 1.00 bits per heavy atom. The van der Waals surface area contributed by atoms with Crippen molar-refractivity contribution >= 4 is 34.1 Å². The van der Waals surface area contributed by atoms with Gasteiger partial charge in [0.15, 0.2) is 16.1 Å². The maximum atomic E-state index is 12.6. The number of nitrogens with zero attached hydrogens (tertiary/aromatic N) is 5. The van der Waals surface area contributed by atoms with E-state index in [0.717, 1.165) is 42.4 Å². The highest BCUT2D eigenvalue weighted by Gasteiger charge is 2.18. The number of amides is 1. The molecule has 1 aliphatic rings. The normalized spacial score (nSPS) is 13.9. The average molecular weight is 477 g/mol. The molecule has 0 unspecified atom stereocenters. The summed E-state index contributed by atoms with van der Waals surface area (Å²) < 4.78 is 1.99. The lowest BCUT2D eigenvalue weighted by atomic mass is 10.2. The molecule has 7 nitrogen and oxygen atoms in total. The first kappa shape index (κ1) is 21.8. The first-order valence-electron chi connectivity index (χ1n) is 10.9. The smallest absolute Gasteiger partial charge is 0.236 e. The second kappa shape index (κ2) is 10.3. The zero-order valence-corrected chi connectivity index (χ0v) is 19.7. The molecule has 3 heterocycles. The van der Waals surface area contributed by atoms with Crippen LogP contribution in [-0.2, 0) is 11.3 Å². The molecule has 5 rings (SSSR count). The van der Waals surface area contributed by atoms with Crippen molar-refractivity contribution in [2.45, 2.75) is 24.5 Å². The number of rotatable bonds is 8. The van der Waals surface area contributed by atoms with Gasteiger partial charge < -0.3 is 5.32 Å². The number of anilines is 1. The summed E-state index contributed by atoms with van der Waals surface area (Å²) >= 11 is 2.84. The molecule has 4 aromatic rings. The highest BCUT2D eigenvalue weighted by atomic mass is 32.2. The van der Waals surface area contributed by atoms with Crippen molar-refractivity contribution in [2.24, 2.45) is 0 Å². The monoisotopic (exact) mass is 476 g/mol. The Bertz CT molecular complexity index is 1200. The average Bonchev–Trinajstić information content (AvgIpc) is 3.61. The largest absolute Gasteiger partial charge is 0.301 e. The van der Waals surface area contributed by atoms with Gasteiger partial charge in [0.2, 0.25) is 5.91 Å². The van der Waals surface area contributed by atoms with E-state index < -0.39 is 0 Å². The van der Waals surface area contributed by atoms with Crippen LogP contribution in [0.1, 0.15) is 18.5 Å². The maximum Gasteiger partial charge on any atom is 0.236 e. The highest BCUT2D eigenvalue weighted by Crippen LogP contribution is 2.28. The summed E-state index contributed by atoms with van der Waals surface area (Å²) in [5.74, 6) is 0.864. The Morgan fingerprint density at radius 3 is 2.48 bits per heavy atom. The second-order valence-electron chi connectivity index (χ2n) is 7.81. The van der Waals surface area contributed by atoms with E-state index in [1.54, 1.807) is 0 Å². The van der Waals surface area contributed by atoms with Crippen molar-refractivity contribution in [3.05, 3.63) is 71.7 Å². The molecule has 2 aromatic carbocycles. The van der Waals surface area contributed by atoms with Crippen LogP contribution < -0.4 is 5.32 Å². The number of benzene rings is 2. The van der Waals surface area contributed by atoms with Gasteiger partial charge >= 0.3 is 0 Å². The molecule has 1 saturated heterocycles. The summed E-state index contributed by atoms with van der Waals surface area (Å²) in [6, 6.07) is 19.9. The molecule has 0 aliphatic carbocycles. The molecule has 1 amide bonds. The van der Waals surface area contributed by atoms with Gasteiger partial charge in [0.1, 0.15) is 0 Å². The van der Waals surface area contributed by atoms with Gasteiger partial charge in [-0.2, -0.15) is 0 Å². The van der Waals surface area contributed by atoms with E-state index in [2.05, 4.69) is 25.4 Å². The minimum Gasteiger partial charge on any atom is -0.301 e. The molecule has 33 heavy (non-hydrogen) atoms. The van der Waals surface area contributed by atoms with Crippen LogP contribution in [0.4, 0.5) is 5.13 Å². The van der Waals surface area contributed by atoms with Gasteiger partial charge in [0, 0.05) is 23.2 Å². The first-order chi connectivity index (χ1) is 16.3. The Labute approximate surface area is 200 Å². The highest BCUT2D eigenvalue weighted by molar-refractivity contribution is 7.99. The van der Waals surface area contributed by atoms with Crippen molar-refractivity contribution in [1.82, 2.24) is 24.6 Å². The standard InChI is InChI=1S/C24H24N6OS2/c31-21(26-23-25-19(16-32-23)15-29-13-7-8-14-29)17-33-24-28-27-22(18-9-3-1-4-10-18)30(24)20-11-5-2-6-12-20/h1-6,9-12,16H,7-8,13-15,17H2,(H,25,26,31). The maximum absolute atomic E-state index is 12.6. The lowest BCUT2D eigenvalue weighted by molar-refractivity contribution is -0.113. The van der Waals surface area contributed by atoms with Crippen LogP contribution in [0, 0.1) is 0 Å². The molecular formula is C24H24N6OS2. The number of carbonyl (C=O) groups excluding carboxylic acids is 1. The molecule has 1 aliphatic heterocycles. The molecule has 0 atom stereocenters. The van der Waals surface area contributed by atoms with Crippen molar-refractivity contribution in [3.63, 3.8) is 0 Å². The summed E-state index contributed by atoms with van der Waals surface area (Å²) in [6.45, 7) is 3.11. The predicted octanol–water partition coefficient (Wildman–Crippen LogP) is 4.72. The molecule has 0 bridgehead atoms. The Balaban J connectivity index is 1.27. The number of para-hydroxylation sites is 1. The summed E-state index contributed by atoms with van der Waals surface area (Å²) in [6.07, 6.45) is 2.51. The van der Waals surface area contributed by atoms with Gasteiger partial charge in [-0.05, 0) is 38.1 Å². The second-order valence-corrected chi connectivity index (χ2v) is 9.61. The number of thioether (sulfide) groups is 1. The fourth-order valence-electron chi connectivity index (χ4n) is 3.84. The zero-order chi connectivity index (χ0) is 22.5. The van der Waals surface area contributed by atoms with E-state index in [9.17, 15) is 4.79 Å². The molecule has 0 saturated carbocycles. The van der Waals surface area contributed by atoms with Gasteiger partial charge in [-0.25, -0.2) is 4.98 Å². The fraction of sp³-hybridized carbons (Fsp3) is 0.250. The van der Waals surface area contributed by atoms with E-state index in [-0.39, 0.29) is 11.7 Å². The van der Waals surface area contributed by atoms with Crippen LogP contribution in [-0.4, -0.2) is 49.4 Å². The molecule has 0 radical (unpaired) electrons. The van der Waals surface area contributed by atoms with Crippen LogP contribution in [0.25, 0.3) is 17.1 Å². The van der Waals surface area contributed by atoms with Crippen molar-refractivity contribution in [2.75, 3.05) is 24.2 Å². The lowest BCUT2D eigenvalue weighted by Crippen LogP contribution is -2.19. The minimum atomic E-state index is -0.106. The first-order valence-corrected chi connectivity index (χ1v) is 12.8.